The Bertz CT molecular complexity index is 677. The summed E-state index contributed by atoms with van der Waals surface area (Å²) in [5.74, 6) is -0.127. The van der Waals surface area contributed by atoms with Crippen molar-refractivity contribution in [2.45, 2.75) is 70.1 Å². The Morgan fingerprint density at radius 2 is 2.04 bits per heavy atom. The molecule has 0 aromatic heterocycles. The number of amides is 2. The van der Waals surface area contributed by atoms with Crippen molar-refractivity contribution in [1.82, 2.24) is 9.80 Å². The van der Waals surface area contributed by atoms with E-state index in [4.69, 9.17) is 4.74 Å². The van der Waals surface area contributed by atoms with Gasteiger partial charge in [0.15, 0.2) is 11.6 Å². The fraction of sp³-hybridized carbons (Fsp3) is 0.667. The highest BCUT2D eigenvalue weighted by Crippen LogP contribution is 2.29. The Morgan fingerprint density at radius 3 is 2.78 bits per heavy atom. The first kappa shape index (κ1) is 18.5. The fourth-order valence-corrected chi connectivity index (χ4v) is 4.74. The van der Waals surface area contributed by atoms with Crippen molar-refractivity contribution in [1.29, 1.82) is 0 Å². The molecule has 27 heavy (non-hydrogen) atoms. The molecule has 3 aliphatic rings. The lowest BCUT2D eigenvalue weighted by molar-refractivity contribution is 0.0767. The third-order valence-electron chi connectivity index (χ3n) is 6.30. The second-order valence-corrected chi connectivity index (χ2v) is 8.11. The van der Waals surface area contributed by atoms with Gasteiger partial charge in [0.25, 0.3) is 0 Å². The van der Waals surface area contributed by atoms with E-state index in [1.54, 1.807) is 12.1 Å². The highest BCUT2D eigenvalue weighted by Gasteiger charge is 2.37. The molecule has 2 aliphatic heterocycles. The number of piperazine rings is 1. The summed E-state index contributed by atoms with van der Waals surface area (Å²) in [6.45, 7) is 4.97. The van der Waals surface area contributed by atoms with Crippen molar-refractivity contribution >= 4 is 11.7 Å². The molecule has 0 radical (unpaired) electrons. The number of nitrogens with one attached hydrogen (secondary N) is 1. The van der Waals surface area contributed by atoms with Crippen molar-refractivity contribution < 1.29 is 13.9 Å². The van der Waals surface area contributed by atoms with E-state index in [1.807, 2.05) is 4.90 Å². The van der Waals surface area contributed by atoms with E-state index in [0.29, 0.717) is 11.7 Å². The molecule has 4 rings (SSSR count). The van der Waals surface area contributed by atoms with E-state index in [0.717, 1.165) is 58.2 Å². The summed E-state index contributed by atoms with van der Waals surface area (Å²) >= 11 is 0. The molecular formula is C21H30FN3O2. The maximum Gasteiger partial charge on any atom is 0.322 e. The minimum Gasteiger partial charge on any atom is -0.487 e. The Kier molecular flexibility index (Phi) is 5.53. The molecule has 2 heterocycles. The molecule has 1 aromatic rings. The van der Waals surface area contributed by atoms with E-state index >= 15 is 0 Å². The summed E-state index contributed by atoms with van der Waals surface area (Å²) in [7, 11) is 0. The SMILES string of the molecule is CC[C@@H]1CN2CCC[C@H]2CN1C(=O)Nc1ccc(OC2CCCC2)c(F)c1. The van der Waals surface area contributed by atoms with Gasteiger partial charge in [-0.1, -0.05) is 6.92 Å². The van der Waals surface area contributed by atoms with E-state index in [-0.39, 0.29) is 23.9 Å². The van der Waals surface area contributed by atoms with Gasteiger partial charge in [0.2, 0.25) is 0 Å². The maximum absolute atomic E-state index is 14.4. The third kappa shape index (κ3) is 4.05. The monoisotopic (exact) mass is 375 g/mol. The van der Waals surface area contributed by atoms with Crippen LogP contribution in [0.2, 0.25) is 0 Å². The van der Waals surface area contributed by atoms with Crippen molar-refractivity contribution in [2.24, 2.45) is 0 Å². The van der Waals surface area contributed by atoms with Gasteiger partial charge in [0, 0.05) is 36.9 Å². The topological polar surface area (TPSA) is 44.8 Å². The quantitative estimate of drug-likeness (QED) is 0.856. The van der Waals surface area contributed by atoms with Gasteiger partial charge < -0.3 is 15.0 Å². The summed E-state index contributed by atoms with van der Waals surface area (Å²) in [5, 5.41) is 2.89. The molecule has 2 amide bonds. The average molecular weight is 375 g/mol. The molecule has 1 aliphatic carbocycles. The molecular weight excluding hydrogens is 345 g/mol. The Balaban J connectivity index is 1.40. The number of rotatable bonds is 4. The van der Waals surface area contributed by atoms with Crippen molar-refractivity contribution in [3.8, 4) is 5.75 Å². The lowest BCUT2D eigenvalue weighted by Crippen LogP contribution is -2.58. The van der Waals surface area contributed by atoms with E-state index in [9.17, 15) is 9.18 Å². The summed E-state index contributed by atoms with van der Waals surface area (Å²) in [6, 6.07) is 5.30. The molecule has 6 heteroatoms. The number of halogens is 1. The smallest absolute Gasteiger partial charge is 0.322 e. The van der Waals surface area contributed by atoms with Gasteiger partial charge >= 0.3 is 6.03 Å². The normalized spacial score (nSPS) is 26.2. The van der Waals surface area contributed by atoms with Gasteiger partial charge in [-0.3, -0.25) is 4.90 Å². The number of carbonyl (C=O) groups excluding carboxylic acids is 1. The predicted molar refractivity (Wildman–Crippen MR) is 104 cm³/mol. The number of ether oxygens (including phenoxy) is 1. The minimum absolute atomic E-state index is 0.118. The first-order valence-corrected chi connectivity index (χ1v) is 10.4. The molecule has 0 spiro atoms. The molecule has 1 aromatic carbocycles. The summed E-state index contributed by atoms with van der Waals surface area (Å²) in [4.78, 5) is 17.3. The molecule has 2 atom stereocenters. The van der Waals surface area contributed by atoms with Crippen LogP contribution in [0, 0.1) is 5.82 Å². The maximum atomic E-state index is 14.4. The Labute approximate surface area is 160 Å². The van der Waals surface area contributed by atoms with Crippen LogP contribution in [0.4, 0.5) is 14.9 Å². The summed E-state index contributed by atoms with van der Waals surface area (Å²) in [5.41, 5.74) is 0.486. The number of fused-ring (bicyclic) bond motifs is 1. The first-order valence-electron chi connectivity index (χ1n) is 10.4. The van der Waals surface area contributed by atoms with Crippen LogP contribution in [-0.4, -0.2) is 53.7 Å². The first-order chi connectivity index (χ1) is 13.1. The zero-order valence-electron chi connectivity index (χ0n) is 16.1. The van der Waals surface area contributed by atoms with Crippen LogP contribution in [0.5, 0.6) is 5.75 Å². The standard InChI is InChI=1S/C21H30FN3O2/c1-2-16-13-24-11-5-6-17(24)14-25(16)21(26)23-15-9-10-20(19(22)12-15)27-18-7-3-4-8-18/h9-10,12,16-18H,2-8,11,13-14H2,1H3,(H,23,26)/t16-,17+/m1/s1. The molecule has 0 bridgehead atoms. The molecule has 1 N–H and O–H groups in total. The van der Waals surface area contributed by atoms with Crippen LogP contribution in [0.1, 0.15) is 51.9 Å². The average Bonchev–Trinajstić information content (AvgIpc) is 3.34. The van der Waals surface area contributed by atoms with E-state index in [2.05, 4.69) is 17.1 Å². The lowest BCUT2D eigenvalue weighted by atomic mass is 10.1. The molecule has 0 unspecified atom stereocenters. The fourth-order valence-electron chi connectivity index (χ4n) is 4.74. The highest BCUT2D eigenvalue weighted by atomic mass is 19.1. The van der Waals surface area contributed by atoms with Crippen LogP contribution in [-0.2, 0) is 0 Å². The Morgan fingerprint density at radius 1 is 1.22 bits per heavy atom. The number of anilines is 1. The summed E-state index contributed by atoms with van der Waals surface area (Å²) < 4.78 is 20.2. The van der Waals surface area contributed by atoms with Gasteiger partial charge in [-0.15, -0.1) is 0 Å². The van der Waals surface area contributed by atoms with Gasteiger partial charge in [-0.2, -0.15) is 0 Å². The van der Waals surface area contributed by atoms with E-state index < -0.39 is 5.82 Å². The van der Waals surface area contributed by atoms with Gasteiger partial charge in [0.05, 0.1) is 6.10 Å². The number of carbonyl (C=O) groups is 1. The van der Waals surface area contributed by atoms with Crippen molar-refractivity contribution in [3.63, 3.8) is 0 Å². The second-order valence-electron chi connectivity index (χ2n) is 8.11. The van der Waals surface area contributed by atoms with Gasteiger partial charge in [0.1, 0.15) is 0 Å². The van der Waals surface area contributed by atoms with Crippen LogP contribution < -0.4 is 10.1 Å². The molecule has 1 saturated carbocycles. The van der Waals surface area contributed by atoms with Crippen LogP contribution in [0.15, 0.2) is 18.2 Å². The molecule has 2 saturated heterocycles. The second kappa shape index (κ2) is 8.05. The van der Waals surface area contributed by atoms with E-state index in [1.165, 1.54) is 12.5 Å². The predicted octanol–water partition coefficient (Wildman–Crippen LogP) is 4.24. The highest BCUT2D eigenvalue weighted by molar-refractivity contribution is 5.89. The van der Waals surface area contributed by atoms with Crippen LogP contribution in [0.25, 0.3) is 0 Å². The largest absolute Gasteiger partial charge is 0.487 e. The van der Waals surface area contributed by atoms with Gasteiger partial charge in [-0.05, 0) is 63.6 Å². The van der Waals surface area contributed by atoms with Crippen LogP contribution >= 0.6 is 0 Å². The Hall–Kier alpha value is -1.82. The number of benzene rings is 1. The van der Waals surface area contributed by atoms with Gasteiger partial charge in [-0.25, -0.2) is 9.18 Å². The lowest BCUT2D eigenvalue weighted by Gasteiger charge is -2.43. The van der Waals surface area contributed by atoms with Crippen molar-refractivity contribution in [2.75, 3.05) is 25.0 Å². The molecule has 3 fully saturated rings. The zero-order chi connectivity index (χ0) is 18.8. The number of hydrogen-bond acceptors (Lipinski definition) is 3. The molecule has 148 valence electrons. The number of urea groups is 1. The van der Waals surface area contributed by atoms with Crippen LogP contribution in [0.3, 0.4) is 0 Å². The third-order valence-corrected chi connectivity index (χ3v) is 6.30. The van der Waals surface area contributed by atoms with Crippen molar-refractivity contribution in [3.05, 3.63) is 24.0 Å². The zero-order valence-corrected chi connectivity index (χ0v) is 16.1. The molecule has 5 nitrogen and oxygen atoms in total. The number of hydrogen-bond donors (Lipinski definition) is 1. The summed E-state index contributed by atoms with van der Waals surface area (Å²) in [6.07, 6.45) is 7.69. The minimum atomic E-state index is -0.410. The number of nitrogens with zero attached hydrogens (tertiary/aromatic N) is 2.